The fourth-order valence-corrected chi connectivity index (χ4v) is 5.38. The van der Waals surface area contributed by atoms with Crippen LogP contribution in [0.25, 0.3) is 0 Å². The first-order chi connectivity index (χ1) is 15.4. The van der Waals surface area contributed by atoms with Crippen LogP contribution in [0.5, 0.6) is 0 Å². The van der Waals surface area contributed by atoms with Gasteiger partial charge in [-0.05, 0) is 58.9 Å². The molecule has 0 radical (unpaired) electrons. The average Bonchev–Trinajstić information content (AvgIpc) is 3.12. The average molecular weight is 464 g/mol. The van der Waals surface area contributed by atoms with E-state index in [2.05, 4.69) is 29.5 Å². The van der Waals surface area contributed by atoms with Crippen LogP contribution in [0.1, 0.15) is 67.2 Å². The summed E-state index contributed by atoms with van der Waals surface area (Å²) in [5, 5.41) is 6.05. The number of carbonyl (C=O) groups is 3. The van der Waals surface area contributed by atoms with E-state index in [1.165, 1.54) is 0 Å². The molecule has 186 valence electrons. The van der Waals surface area contributed by atoms with Crippen molar-refractivity contribution in [2.75, 3.05) is 6.54 Å². The lowest BCUT2D eigenvalue weighted by molar-refractivity contribution is -0.134. The van der Waals surface area contributed by atoms with Gasteiger partial charge < -0.3 is 27.0 Å². The number of amides is 3. The van der Waals surface area contributed by atoms with Crippen LogP contribution in [0.4, 0.5) is 0 Å². The van der Waals surface area contributed by atoms with Crippen molar-refractivity contribution in [3.8, 4) is 0 Å². The molecular formula is C23H41N7O3. The summed E-state index contributed by atoms with van der Waals surface area (Å²) in [7, 11) is 0. The van der Waals surface area contributed by atoms with E-state index in [-0.39, 0.29) is 35.8 Å². The maximum absolute atomic E-state index is 13.8. The van der Waals surface area contributed by atoms with Crippen LogP contribution < -0.4 is 22.1 Å². The fourth-order valence-electron chi connectivity index (χ4n) is 5.38. The Morgan fingerprint density at radius 3 is 2.48 bits per heavy atom. The first-order valence-corrected chi connectivity index (χ1v) is 12.1. The van der Waals surface area contributed by atoms with Crippen LogP contribution in [0, 0.1) is 5.92 Å². The van der Waals surface area contributed by atoms with Crippen molar-refractivity contribution in [3.05, 3.63) is 0 Å². The molecule has 0 aliphatic carbocycles. The van der Waals surface area contributed by atoms with Crippen LogP contribution in [0.2, 0.25) is 0 Å². The largest absolute Gasteiger partial charge is 0.370 e. The highest BCUT2D eigenvalue weighted by Gasteiger charge is 2.62. The molecule has 3 amide bonds. The van der Waals surface area contributed by atoms with Gasteiger partial charge in [0.05, 0.1) is 24.2 Å². The molecule has 10 heteroatoms. The predicted octanol–water partition coefficient (Wildman–Crippen LogP) is -0.0900. The maximum Gasteiger partial charge on any atom is 0.248 e. The standard InChI is InChI=1S/C23H41N7O3/c1-7-13(26-22(24)25)16-21(33)30-15(11-12(2)3)17(30)18(20(32)28-23(4,5)6)29-10-8-9-14(29)19(31)27-16/h12-18H,7-11H2,1-6H3,(H,27,31)(H,28,32)(H4,24,25,26)/t13?,14-,15+,16+,17-,18+,30?/m1/s1. The molecule has 0 aromatic heterocycles. The van der Waals surface area contributed by atoms with Crippen molar-refractivity contribution >= 4 is 23.7 Å². The summed E-state index contributed by atoms with van der Waals surface area (Å²) in [5.41, 5.74) is 10.8. The molecule has 3 heterocycles. The second kappa shape index (κ2) is 9.48. The van der Waals surface area contributed by atoms with Crippen LogP contribution in [0.3, 0.4) is 0 Å². The Bertz CT molecular complexity index is 802. The van der Waals surface area contributed by atoms with Crippen LogP contribution in [-0.2, 0) is 14.4 Å². The van der Waals surface area contributed by atoms with Gasteiger partial charge in [-0.1, -0.05) is 20.8 Å². The Morgan fingerprint density at radius 2 is 1.94 bits per heavy atom. The highest BCUT2D eigenvalue weighted by Crippen LogP contribution is 2.41. The molecule has 10 nitrogen and oxygen atoms in total. The molecule has 3 fully saturated rings. The highest BCUT2D eigenvalue weighted by atomic mass is 16.2. The third kappa shape index (κ3) is 5.42. The van der Waals surface area contributed by atoms with Gasteiger partial charge in [0.2, 0.25) is 17.7 Å². The molecule has 3 aliphatic rings. The van der Waals surface area contributed by atoms with Crippen LogP contribution in [0.15, 0.2) is 4.99 Å². The lowest BCUT2D eigenvalue weighted by Gasteiger charge is -2.33. The highest BCUT2D eigenvalue weighted by molar-refractivity contribution is 5.95. The number of hydrogen-bond donors (Lipinski definition) is 4. The zero-order valence-electron chi connectivity index (χ0n) is 20.8. The molecule has 3 rings (SSSR count). The quantitative estimate of drug-likeness (QED) is 0.246. The van der Waals surface area contributed by atoms with Crippen molar-refractivity contribution in [3.63, 3.8) is 0 Å². The Hall–Kier alpha value is -2.36. The van der Waals surface area contributed by atoms with E-state index in [0.717, 1.165) is 12.8 Å². The van der Waals surface area contributed by atoms with E-state index < -0.39 is 29.7 Å². The smallest absolute Gasteiger partial charge is 0.248 e. The third-order valence-corrected chi connectivity index (χ3v) is 6.68. The first kappa shape index (κ1) is 25.3. The summed E-state index contributed by atoms with van der Waals surface area (Å²) < 4.78 is 0. The normalized spacial score (nSPS) is 31.0. The third-order valence-electron chi connectivity index (χ3n) is 6.68. The minimum absolute atomic E-state index is 0.0660. The van der Waals surface area contributed by atoms with E-state index in [1.807, 2.05) is 32.6 Å². The minimum Gasteiger partial charge on any atom is -0.370 e. The number of rotatable bonds is 6. The molecule has 0 aromatic carbocycles. The van der Waals surface area contributed by atoms with E-state index in [1.54, 1.807) is 4.90 Å². The number of nitrogens with zero attached hydrogens (tertiary/aromatic N) is 3. The number of nitrogens with one attached hydrogen (secondary N) is 2. The van der Waals surface area contributed by atoms with Gasteiger partial charge in [0, 0.05) is 5.54 Å². The molecule has 6 atom stereocenters. The molecule has 0 bridgehead atoms. The molecule has 6 N–H and O–H groups in total. The summed E-state index contributed by atoms with van der Waals surface area (Å²) in [4.78, 5) is 48.7. The summed E-state index contributed by atoms with van der Waals surface area (Å²) in [6.45, 7) is 12.6. The predicted molar refractivity (Wildman–Crippen MR) is 127 cm³/mol. The Morgan fingerprint density at radius 1 is 1.27 bits per heavy atom. The molecule has 0 saturated carbocycles. The van der Waals surface area contributed by atoms with Gasteiger partial charge in [0.1, 0.15) is 12.1 Å². The van der Waals surface area contributed by atoms with Crippen LogP contribution in [-0.4, -0.2) is 81.8 Å². The van der Waals surface area contributed by atoms with Gasteiger partial charge in [0.15, 0.2) is 5.96 Å². The number of carbonyl (C=O) groups excluding carboxylic acids is 3. The summed E-state index contributed by atoms with van der Waals surface area (Å²) in [5.74, 6) is -0.357. The van der Waals surface area contributed by atoms with E-state index in [9.17, 15) is 14.4 Å². The lowest BCUT2D eigenvalue weighted by Crippen LogP contribution is -2.59. The molecule has 3 aliphatic heterocycles. The topological polar surface area (TPSA) is 146 Å². The van der Waals surface area contributed by atoms with Crippen molar-refractivity contribution in [1.82, 2.24) is 20.4 Å². The number of hydrogen-bond acceptors (Lipinski definition) is 5. The minimum atomic E-state index is -0.865. The van der Waals surface area contributed by atoms with Gasteiger partial charge in [-0.3, -0.25) is 19.3 Å². The zero-order valence-corrected chi connectivity index (χ0v) is 20.8. The lowest BCUT2D eigenvalue weighted by atomic mass is 9.99. The van der Waals surface area contributed by atoms with Gasteiger partial charge >= 0.3 is 0 Å². The van der Waals surface area contributed by atoms with Gasteiger partial charge in [0.25, 0.3) is 0 Å². The zero-order chi connectivity index (χ0) is 24.7. The SMILES string of the molecule is CCC(N=C(N)N)[C@@H]1NC(=O)[C@H]2CCCN2[C@H](C(=O)NC(C)(C)C)[C@H]2[C@H](CC(C)C)N2C1=O. The first-order valence-electron chi connectivity index (χ1n) is 12.1. The van der Waals surface area contributed by atoms with Gasteiger partial charge in [-0.15, -0.1) is 0 Å². The van der Waals surface area contributed by atoms with E-state index >= 15 is 0 Å². The molecule has 3 saturated heterocycles. The van der Waals surface area contributed by atoms with Crippen molar-refractivity contribution in [2.24, 2.45) is 22.4 Å². The van der Waals surface area contributed by atoms with Gasteiger partial charge in [-0.2, -0.15) is 0 Å². The molecule has 1 unspecified atom stereocenters. The maximum atomic E-state index is 13.8. The van der Waals surface area contributed by atoms with Crippen molar-refractivity contribution < 1.29 is 14.4 Å². The monoisotopic (exact) mass is 463 g/mol. The van der Waals surface area contributed by atoms with E-state index in [4.69, 9.17) is 11.5 Å². The van der Waals surface area contributed by atoms with Crippen molar-refractivity contribution in [2.45, 2.75) is 109 Å². The van der Waals surface area contributed by atoms with E-state index in [0.29, 0.717) is 25.3 Å². The number of nitrogens with two attached hydrogens (primary N) is 2. The summed E-state index contributed by atoms with van der Waals surface area (Å²) in [6.07, 6.45) is 2.74. The Labute approximate surface area is 196 Å². The van der Waals surface area contributed by atoms with Gasteiger partial charge in [-0.25, -0.2) is 4.99 Å². The van der Waals surface area contributed by atoms with Crippen molar-refractivity contribution in [1.29, 1.82) is 0 Å². The summed E-state index contributed by atoms with van der Waals surface area (Å²) >= 11 is 0. The fraction of sp³-hybridized carbons (Fsp3) is 0.826. The molecular weight excluding hydrogens is 422 g/mol. The molecule has 33 heavy (non-hydrogen) atoms. The second-order valence-corrected chi connectivity index (χ2v) is 11.0. The Kier molecular flexibility index (Phi) is 7.26. The molecule has 0 spiro atoms. The number of guanidine groups is 1. The Balaban J connectivity index is 2.05. The second-order valence-electron chi connectivity index (χ2n) is 11.0. The number of aliphatic imine (C=N–C) groups is 1. The number of fused-ring (bicyclic) bond motifs is 2. The van der Waals surface area contributed by atoms with Crippen LogP contribution >= 0.6 is 0 Å². The molecule has 0 aromatic rings. The summed E-state index contributed by atoms with van der Waals surface area (Å²) in [6, 6.07) is -2.82.